The minimum atomic E-state index is 0.319. The number of benzene rings is 1. The molecule has 1 aliphatic carbocycles. The van der Waals surface area contributed by atoms with E-state index in [-0.39, 0.29) is 0 Å². The number of rotatable bonds is 4. The van der Waals surface area contributed by atoms with Crippen molar-refractivity contribution in [2.45, 2.75) is 38.1 Å². The Labute approximate surface area is 183 Å². The normalized spacial score (nSPS) is 18.4. The standard InChI is InChI=1S/C24H31N7/c1-30-11-13-31(14-12-30)22-16-18(9-10-26-22)17-7-8-21-20(15-17)23(29-24(25)28-21)27-19-5-3-2-4-6-19/h7-10,15-16,19H,2-6,11-14H2,1H3,(H3,25,27,28,29). The fraction of sp³-hybridized carbons (Fsp3) is 0.458. The molecular weight excluding hydrogens is 386 g/mol. The summed E-state index contributed by atoms with van der Waals surface area (Å²) in [5.41, 5.74) is 9.19. The fourth-order valence-electron chi connectivity index (χ4n) is 4.68. The first-order valence-corrected chi connectivity index (χ1v) is 11.4. The first-order chi connectivity index (χ1) is 15.2. The average Bonchev–Trinajstić information content (AvgIpc) is 2.80. The fourth-order valence-corrected chi connectivity index (χ4v) is 4.68. The van der Waals surface area contributed by atoms with Crippen LogP contribution in [0.1, 0.15) is 32.1 Å². The van der Waals surface area contributed by atoms with E-state index < -0.39 is 0 Å². The van der Waals surface area contributed by atoms with E-state index in [1.165, 1.54) is 32.1 Å². The third-order valence-corrected chi connectivity index (χ3v) is 6.57. The summed E-state index contributed by atoms with van der Waals surface area (Å²) in [6, 6.07) is 11.1. The zero-order valence-corrected chi connectivity index (χ0v) is 18.2. The van der Waals surface area contributed by atoms with Crippen molar-refractivity contribution >= 4 is 28.5 Å². The van der Waals surface area contributed by atoms with Crippen molar-refractivity contribution in [3.8, 4) is 11.1 Å². The van der Waals surface area contributed by atoms with Crippen LogP contribution in [0.4, 0.5) is 17.6 Å². The van der Waals surface area contributed by atoms with Gasteiger partial charge in [-0.1, -0.05) is 25.3 Å². The molecular formula is C24H31N7. The van der Waals surface area contributed by atoms with Crippen molar-refractivity contribution in [3.05, 3.63) is 36.5 Å². The maximum Gasteiger partial charge on any atom is 0.222 e. The van der Waals surface area contributed by atoms with E-state index in [0.29, 0.717) is 12.0 Å². The molecule has 3 N–H and O–H groups in total. The highest BCUT2D eigenvalue weighted by Gasteiger charge is 2.18. The summed E-state index contributed by atoms with van der Waals surface area (Å²) < 4.78 is 0. The van der Waals surface area contributed by atoms with E-state index in [2.05, 4.69) is 61.4 Å². The van der Waals surface area contributed by atoms with Gasteiger partial charge in [0.25, 0.3) is 0 Å². The van der Waals surface area contributed by atoms with Gasteiger partial charge < -0.3 is 20.9 Å². The minimum absolute atomic E-state index is 0.319. The van der Waals surface area contributed by atoms with Crippen molar-refractivity contribution in [2.75, 3.05) is 49.2 Å². The van der Waals surface area contributed by atoms with E-state index in [9.17, 15) is 0 Å². The number of pyridine rings is 1. The summed E-state index contributed by atoms with van der Waals surface area (Å²) in [4.78, 5) is 18.4. The predicted octanol–water partition coefficient (Wildman–Crippen LogP) is 3.77. The molecule has 7 nitrogen and oxygen atoms in total. The molecule has 31 heavy (non-hydrogen) atoms. The number of nitrogens with one attached hydrogen (secondary N) is 1. The van der Waals surface area contributed by atoms with Gasteiger partial charge in [-0.3, -0.25) is 0 Å². The lowest BCUT2D eigenvalue weighted by molar-refractivity contribution is 0.312. The number of piperazine rings is 1. The van der Waals surface area contributed by atoms with Gasteiger partial charge in [-0.05, 0) is 55.3 Å². The number of likely N-dealkylation sites (N-methyl/N-ethyl adjacent to an activating group) is 1. The third kappa shape index (κ3) is 4.42. The Balaban J connectivity index is 1.47. The molecule has 2 fully saturated rings. The second-order valence-electron chi connectivity index (χ2n) is 8.83. The first-order valence-electron chi connectivity index (χ1n) is 11.4. The minimum Gasteiger partial charge on any atom is -0.368 e. The lowest BCUT2D eigenvalue weighted by Gasteiger charge is -2.33. The number of hydrogen-bond donors (Lipinski definition) is 2. The molecule has 3 aromatic rings. The van der Waals surface area contributed by atoms with Gasteiger partial charge in [0, 0.05) is 43.8 Å². The van der Waals surface area contributed by atoms with Crippen LogP contribution in [0.2, 0.25) is 0 Å². The molecule has 7 heteroatoms. The second kappa shape index (κ2) is 8.67. The topological polar surface area (TPSA) is 83.2 Å². The van der Waals surface area contributed by atoms with Gasteiger partial charge in [-0.2, -0.15) is 4.98 Å². The second-order valence-corrected chi connectivity index (χ2v) is 8.83. The van der Waals surface area contributed by atoms with Crippen LogP contribution in [0.15, 0.2) is 36.5 Å². The Morgan fingerprint density at radius 1 is 0.935 bits per heavy atom. The molecule has 0 bridgehead atoms. The van der Waals surface area contributed by atoms with Crippen LogP contribution in [-0.4, -0.2) is 59.1 Å². The van der Waals surface area contributed by atoms with Crippen LogP contribution < -0.4 is 16.0 Å². The van der Waals surface area contributed by atoms with Crippen LogP contribution in [0.5, 0.6) is 0 Å². The summed E-state index contributed by atoms with van der Waals surface area (Å²) in [6.45, 7) is 4.15. The number of hydrogen-bond acceptors (Lipinski definition) is 7. The SMILES string of the molecule is CN1CCN(c2cc(-c3ccc4nc(N)nc(NC5CCCCC5)c4c3)ccn2)CC1. The largest absolute Gasteiger partial charge is 0.368 e. The highest BCUT2D eigenvalue weighted by Crippen LogP contribution is 2.31. The number of aromatic nitrogens is 3. The van der Waals surface area contributed by atoms with Gasteiger partial charge in [-0.15, -0.1) is 0 Å². The van der Waals surface area contributed by atoms with E-state index >= 15 is 0 Å². The summed E-state index contributed by atoms with van der Waals surface area (Å²) in [5, 5.41) is 4.68. The molecule has 0 spiro atoms. The van der Waals surface area contributed by atoms with Gasteiger partial charge in [0.2, 0.25) is 5.95 Å². The van der Waals surface area contributed by atoms with Gasteiger partial charge in [0.05, 0.1) is 5.52 Å². The molecule has 0 amide bonds. The Morgan fingerprint density at radius 3 is 2.52 bits per heavy atom. The monoisotopic (exact) mass is 417 g/mol. The zero-order valence-electron chi connectivity index (χ0n) is 18.2. The van der Waals surface area contributed by atoms with E-state index in [1.54, 1.807) is 0 Å². The van der Waals surface area contributed by atoms with Crippen molar-refractivity contribution in [1.82, 2.24) is 19.9 Å². The zero-order chi connectivity index (χ0) is 21.2. The summed E-state index contributed by atoms with van der Waals surface area (Å²) in [7, 11) is 2.17. The molecule has 5 rings (SSSR count). The molecule has 0 radical (unpaired) electrons. The summed E-state index contributed by atoms with van der Waals surface area (Å²) in [6.07, 6.45) is 8.15. The van der Waals surface area contributed by atoms with Crippen LogP contribution in [-0.2, 0) is 0 Å². The summed E-state index contributed by atoms with van der Waals surface area (Å²) in [5.74, 6) is 2.21. The Bertz CT molecular complexity index is 1050. The van der Waals surface area contributed by atoms with Gasteiger partial charge in [0.1, 0.15) is 11.6 Å². The lowest BCUT2D eigenvalue weighted by Crippen LogP contribution is -2.44. The van der Waals surface area contributed by atoms with Crippen LogP contribution in [0.3, 0.4) is 0 Å². The average molecular weight is 418 g/mol. The molecule has 1 saturated heterocycles. The van der Waals surface area contributed by atoms with Crippen molar-refractivity contribution in [2.24, 2.45) is 0 Å². The Kier molecular flexibility index (Phi) is 5.59. The quantitative estimate of drug-likeness (QED) is 0.668. The number of nitrogens with two attached hydrogens (primary N) is 1. The number of fused-ring (bicyclic) bond motifs is 1. The highest BCUT2D eigenvalue weighted by atomic mass is 15.3. The van der Waals surface area contributed by atoms with Crippen LogP contribution in [0, 0.1) is 0 Å². The molecule has 0 atom stereocenters. The van der Waals surface area contributed by atoms with Gasteiger partial charge in [0.15, 0.2) is 0 Å². The molecule has 2 aliphatic rings. The molecule has 162 valence electrons. The molecule has 0 unspecified atom stereocenters. The van der Waals surface area contributed by atoms with E-state index in [0.717, 1.165) is 59.8 Å². The third-order valence-electron chi connectivity index (χ3n) is 6.57. The van der Waals surface area contributed by atoms with Crippen molar-refractivity contribution < 1.29 is 0 Å². The number of anilines is 3. The maximum absolute atomic E-state index is 6.01. The lowest BCUT2D eigenvalue weighted by atomic mass is 9.95. The molecule has 1 aliphatic heterocycles. The van der Waals surface area contributed by atoms with Gasteiger partial charge in [-0.25, -0.2) is 9.97 Å². The number of nitrogen functional groups attached to an aromatic ring is 1. The van der Waals surface area contributed by atoms with Crippen molar-refractivity contribution in [3.63, 3.8) is 0 Å². The highest BCUT2D eigenvalue weighted by molar-refractivity contribution is 5.93. The first kappa shape index (κ1) is 20.0. The van der Waals surface area contributed by atoms with E-state index in [4.69, 9.17) is 5.73 Å². The summed E-state index contributed by atoms with van der Waals surface area (Å²) >= 11 is 0. The van der Waals surface area contributed by atoms with E-state index in [1.807, 2.05) is 12.3 Å². The smallest absolute Gasteiger partial charge is 0.222 e. The molecule has 1 aromatic carbocycles. The maximum atomic E-state index is 6.01. The Morgan fingerprint density at radius 2 is 1.71 bits per heavy atom. The van der Waals surface area contributed by atoms with Crippen LogP contribution >= 0.6 is 0 Å². The molecule has 3 heterocycles. The molecule has 2 aromatic heterocycles. The van der Waals surface area contributed by atoms with Crippen molar-refractivity contribution in [1.29, 1.82) is 0 Å². The van der Waals surface area contributed by atoms with Gasteiger partial charge >= 0.3 is 0 Å². The predicted molar refractivity (Wildman–Crippen MR) is 127 cm³/mol. The molecule has 1 saturated carbocycles. The Hall–Kier alpha value is -2.93. The number of nitrogens with zero attached hydrogens (tertiary/aromatic N) is 5. The van der Waals surface area contributed by atoms with Crippen LogP contribution in [0.25, 0.3) is 22.0 Å².